The van der Waals surface area contributed by atoms with Crippen LogP contribution >= 0.6 is 11.6 Å². The molecule has 1 fully saturated rings. The van der Waals surface area contributed by atoms with E-state index in [1.807, 2.05) is 31.1 Å². The van der Waals surface area contributed by atoms with Crippen LogP contribution < -0.4 is 20.3 Å². The van der Waals surface area contributed by atoms with E-state index in [1.54, 1.807) is 42.5 Å². The highest BCUT2D eigenvalue weighted by atomic mass is 35.5. The molecule has 9 heteroatoms. The van der Waals surface area contributed by atoms with Crippen molar-refractivity contribution in [3.8, 4) is 5.75 Å². The summed E-state index contributed by atoms with van der Waals surface area (Å²) in [6, 6.07) is 16.2. The fraction of sp³-hybridized carbons (Fsp3) is 0.345. The van der Waals surface area contributed by atoms with Gasteiger partial charge in [0.15, 0.2) is 0 Å². The largest absolute Gasteiger partial charge is 0.489 e. The highest BCUT2D eigenvalue weighted by Gasteiger charge is 2.25. The lowest BCUT2D eigenvalue weighted by Crippen LogP contribution is -2.41. The summed E-state index contributed by atoms with van der Waals surface area (Å²) in [6.45, 7) is 6.33. The van der Waals surface area contributed by atoms with Crippen LogP contribution in [0.1, 0.15) is 47.4 Å². The molecule has 3 aromatic rings. The van der Waals surface area contributed by atoms with Gasteiger partial charge in [-0.2, -0.15) is 0 Å². The van der Waals surface area contributed by atoms with Crippen LogP contribution in [0.25, 0.3) is 0 Å². The van der Waals surface area contributed by atoms with Gasteiger partial charge in [0.2, 0.25) is 0 Å². The first-order valence-electron chi connectivity index (χ1n) is 12.8. The maximum Gasteiger partial charge on any atom is 0.259 e. The molecule has 2 aromatic carbocycles. The minimum atomic E-state index is -0.396. The molecule has 4 rings (SSSR count). The lowest BCUT2D eigenvalue weighted by molar-refractivity contribution is 0.0825. The molecule has 0 spiro atoms. The Hall–Kier alpha value is -3.62. The number of benzene rings is 2. The lowest BCUT2D eigenvalue weighted by atomic mass is 10.1. The van der Waals surface area contributed by atoms with Crippen molar-refractivity contribution in [1.82, 2.24) is 9.88 Å². The number of carbonyl (C=O) groups is 2. The molecule has 1 aliphatic rings. The molecule has 200 valence electrons. The zero-order valence-corrected chi connectivity index (χ0v) is 23.0. The van der Waals surface area contributed by atoms with Crippen molar-refractivity contribution in [1.29, 1.82) is 0 Å². The summed E-state index contributed by atoms with van der Waals surface area (Å²) in [5, 5.41) is 6.12. The monoisotopic (exact) mass is 535 g/mol. The molecule has 1 aromatic heterocycles. The number of nitrogens with zero attached hydrogens (tertiary/aromatic N) is 3. The van der Waals surface area contributed by atoms with E-state index in [-0.39, 0.29) is 12.0 Å². The van der Waals surface area contributed by atoms with Crippen molar-refractivity contribution in [2.75, 3.05) is 42.7 Å². The highest BCUT2D eigenvalue weighted by molar-refractivity contribution is 6.30. The maximum atomic E-state index is 13.5. The summed E-state index contributed by atoms with van der Waals surface area (Å²) in [5.74, 6) is 0.143. The average molecular weight is 536 g/mol. The lowest BCUT2D eigenvalue weighted by Gasteiger charge is -2.35. The number of ether oxygens (including phenoxy) is 1. The zero-order chi connectivity index (χ0) is 27.2. The Morgan fingerprint density at radius 3 is 2.37 bits per heavy atom. The van der Waals surface area contributed by atoms with E-state index >= 15 is 0 Å². The summed E-state index contributed by atoms with van der Waals surface area (Å²) in [4.78, 5) is 35.0. The van der Waals surface area contributed by atoms with Crippen molar-refractivity contribution >= 4 is 40.6 Å². The van der Waals surface area contributed by atoms with E-state index in [2.05, 4.69) is 34.4 Å². The van der Waals surface area contributed by atoms with Gasteiger partial charge in [-0.05, 0) is 63.1 Å². The number of halogens is 1. The smallest absolute Gasteiger partial charge is 0.259 e. The number of para-hydroxylation sites is 1. The molecule has 8 nitrogen and oxygen atoms in total. The van der Waals surface area contributed by atoms with Crippen molar-refractivity contribution in [2.45, 2.75) is 38.8 Å². The molecule has 0 atom stereocenters. The summed E-state index contributed by atoms with van der Waals surface area (Å²) in [7, 11) is 3.90. The van der Waals surface area contributed by atoms with Gasteiger partial charge >= 0.3 is 0 Å². The Bertz CT molecular complexity index is 1270. The van der Waals surface area contributed by atoms with Crippen LogP contribution in [-0.2, 0) is 0 Å². The molecule has 0 aliphatic carbocycles. The van der Waals surface area contributed by atoms with Gasteiger partial charge in [0.25, 0.3) is 11.8 Å². The van der Waals surface area contributed by atoms with Crippen LogP contribution in [-0.4, -0.2) is 61.0 Å². The molecule has 0 bridgehead atoms. The maximum absolute atomic E-state index is 13.5. The van der Waals surface area contributed by atoms with Crippen LogP contribution in [0.5, 0.6) is 5.75 Å². The predicted octanol–water partition coefficient (Wildman–Crippen LogP) is 5.56. The van der Waals surface area contributed by atoms with Crippen LogP contribution in [0.15, 0.2) is 60.8 Å². The Morgan fingerprint density at radius 1 is 1.00 bits per heavy atom. The van der Waals surface area contributed by atoms with Crippen molar-refractivity contribution in [3.63, 3.8) is 0 Å². The van der Waals surface area contributed by atoms with E-state index in [1.165, 1.54) is 6.20 Å². The van der Waals surface area contributed by atoms with Crippen LogP contribution in [0, 0.1) is 0 Å². The highest BCUT2D eigenvalue weighted by Crippen LogP contribution is 2.29. The average Bonchev–Trinajstić information content (AvgIpc) is 2.90. The quantitative estimate of drug-likeness (QED) is 0.393. The summed E-state index contributed by atoms with van der Waals surface area (Å²) in [6.07, 6.45) is 3.27. The number of carbonyl (C=O) groups excluding carboxylic acids is 2. The Morgan fingerprint density at radius 2 is 1.71 bits per heavy atom. The van der Waals surface area contributed by atoms with Crippen molar-refractivity contribution in [3.05, 3.63) is 76.9 Å². The molecular weight excluding hydrogens is 502 g/mol. The van der Waals surface area contributed by atoms with Crippen LogP contribution in [0.2, 0.25) is 5.02 Å². The van der Waals surface area contributed by atoms with Gasteiger partial charge in [-0.3, -0.25) is 9.59 Å². The number of hydrogen-bond acceptors (Lipinski definition) is 6. The van der Waals surface area contributed by atoms with Gasteiger partial charge in [-0.25, -0.2) is 4.98 Å². The number of anilines is 3. The molecule has 0 saturated carbocycles. The summed E-state index contributed by atoms with van der Waals surface area (Å²) >= 11 is 5.89. The van der Waals surface area contributed by atoms with Gasteiger partial charge in [-0.15, -0.1) is 0 Å². The standard InChI is InChI=1S/C29H34ClN5O3/c1-19(2)35-15-13-22(14-16-35)38-26-17-21(34(3)4)10-11-24(26)29(37)32-25-8-6-5-7-23(25)28(36)33-27-12-9-20(30)18-31-27/h5-12,17-19,22H,13-16H2,1-4H3,(H,32,37)(H,31,33,36). The van der Waals surface area contributed by atoms with Gasteiger partial charge < -0.3 is 25.2 Å². The Kier molecular flexibility index (Phi) is 8.86. The number of amides is 2. The molecule has 0 unspecified atom stereocenters. The van der Waals surface area contributed by atoms with E-state index < -0.39 is 5.91 Å². The second-order valence-electron chi connectivity index (χ2n) is 9.84. The fourth-order valence-electron chi connectivity index (χ4n) is 4.38. The third-order valence-electron chi connectivity index (χ3n) is 6.62. The number of likely N-dealkylation sites (tertiary alicyclic amines) is 1. The SMILES string of the molecule is CC(C)N1CCC(Oc2cc(N(C)C)ccc2C(=O)Nc2ccccc2C(=O)Nc2ccc(Cl)cn2)CC1. The van der Waals surface area contributed by atoms with E-state index in [9.17, 15) is 9.59 Å². The summed E-state index contributed by atoms with van der Waals surface area (Å²) in [5.41, 5.74) is 2.05. The fourth-order valence-corrected chi connectivity index (χ4v) is 4.49. The molecule has 0 radical (unpaired) electrons. The number of aromatic nitrogens is 1. The first-order valence-corrected chi connectivity index (χ1v) is 13.1. The minimum Gasteiger partial charge on any atom is -0.489 e. The second kappa shape index (κ2) is 12.3. The molecular formula is C29H34ClN5O3. The van der Waals surface area contributed by atoms with Gasteiger partial charge in [0, 0.05) is 51.2 Å². The Labute approximate surface area is 228 Å². The molecule has 2 amide bonds. The predicted molar refractivity (Wildman–Crippen MR) is 153 cm³/mol. The molecule has 1 saturated heterocycles. The van der Waals surface area contributed by atoms with Gasteiger partial charge in [0.1, 0.15) is 17.7 Å². The zero-order valence-electron chi connectivity index (χ0n) is 22.2. The normalized spacial score (nSPS) is 14.3. The Balaban J connectivity index is 1.53. The number of rotatable bonds is 8. The van der Waals surface area contributed by atoms with E-state index in [0.717, 1.165) is 31.6 Å². The third kappa shape index (κ3) is 6.82. The molecule has 2 N–H and O–H groups in total. The second-order valence-corrected chi connectivity index (χ2v) is 10.3. The van der Waals surface area contributed by atoms with Crippen molar-refractivity contribution < 1.29 is 14.3 Å². The first-order chi connectivity index (χ1) is 18.2. The van der Waals surface area contributed by atoms with Crippen molar-refractivity contribution in [2.24, 2.45) is 0 Å². The minimum absolute atomic E-state index is 0.0268. The summed E-state index contributed by atoms with van der Waals surface area (Å²) < 4.78 is 6.42. The number of nitrogens with one attached hydrogen (secondary N) is 2. The molecule has 1 aliphatic heterocycles. The first kappa shape index (κ1) is 27.4. The molecule has 38 heavy (non-hydrogen) atoms. The third-order valence-corrected chi connectivity index (χ3v) is 6.84. The van der Waals surface area contributed by atoms with Crippen LogP contribution in [0.4, 0.5) is 17.2 Å². The number of pyridine rings is 1. The van der Waals surface area contributed by atoms with Crippen LogP contribution in [0.3, 0.4) is 0 Å². The van der Waals surface area contributed by atoms with E-state index in [4.69, 9.17) is 16.3 Å². The number of hydrogen-bond donors (Lipinski definition) is 2. The number of piperidine rings is 1. The van der Waals surface area contributed by atoms with Gasteiger partial charge in [-0.1, -0.05) is 23.7 Å². The van der Waals surface area contributed by atoms with E-state index in [0.29, 0.717) is 39.4 Å². The van der Waals surface area contributed by atoms with Gasteiger partial charge in [0.05, 0.1) is 21.8 Å². The molecule has 2 heterocycles. The topological polar surface area (TPSA) is 86.8 Å².